The molecule has 0 saturated carbocycles. The topological polar surface area (TPSA) is 59.0 Å². The van der Waals surface area contributed by atoms with Gasteiger partial charge in [0.1, 0.15) is 0 Å². The Balaban J connectivity index is 1.67. The van der Waals surface area contributed by atoms with Gasteiger partial charge in [-0.05, 0) is 37.6 Å². The van der Waals surface area contributed by atoms with Crippen LogP contribution >= 0.6 is 11.6 Å². The van der Waals surface area contributed by atoms with Crippen LogP contribution in [-0.2, 0) is 6.54 Å². The summed E-state index contributed by atoms with van der Waals surface area (Å²) in [4.78, 5) is 11.7. The van der Waals surface area contributed by atoms with Gasteiger partial charge in [-0.1, -0.05) is 17.7 Å². The van der Waals surface area contributed by atoms with Gasteiger partial charge in [0, 0.05) is 30.0 Å². The number of rotatable bonds is 5. The standard InChI is InChI=1S/C14H17ClN4O/c1-11-6-9-19(18-11)8-3-7-16-14(20)17-13-5-2-4-12(15)10-13/h2,4-6,9-10H,3,7-8H2,1H3,(H2,16,17,20). The molecule has 0 bridgehead atoms. The fraction of sp³-hybridized carbons (Fsp3) is 0.286. The first-order chi connectivity index (χ1) is 9.63. The molecule has 2 aromatic rings. The number of aromatic nitrogens is 2. The van der Waals surface area contributed by atoms with Gasteiger partial charge < -0.3 is 10.6 Å². The van der Waals surface area contributed by atoms with E-state index in [1.165, 1.54) is 0 Å². The summed E-state index contributed by atoms with van der Waals surface area (Å²) in [5.74, 6) is 0. The van der Waals surface area contributed by atoms with Gasteiger partial charge in [0.25, 0.3) is 0 Å². The van der Waals surface area contributed by atoms with Crippen LogP contribution < -0.4 is 10.6 Å². The van der Waals surface area contributed by atoms with Crippen molar-refractivity contribution in [2.45, 2.75) is 19.9 Å². The van der Waals surface area contributed by atoms with E-state index >= 15 is 0 Å². The van der Waals surface area contributed by atoms with E-state index in [1.807, 2.05) is 23.9 Å². The zero-order chi connectivity index (χ0) is 14.4. The summed E-state index contributed by atoms with van der Waals surface area (Å²) >= 11 is 5.84. The second kappa shape index (κ2) is 6.96. The van der Waals surface area contributed by atoms with E-state index in [2.05, 4.69) is 15.7 Å². The number of amides is 2. The molecule has 20 heavy (non-hydrogen) atoms. The lowest BCUT2D eigenvalue weighted by atomic mass is 10.3. The molecule has 0 radical (unpaired) electrons. The highest BCUT2D eigenvalue weighted by atomic mass is 35.5. The monoisotopic (exact) mass is 292 g/mol. The predicted octanol–water partition coefficient (Wildman–Crippen LogP) is 3.06. The zero-order valence-electron chi connectivity index (χ0n) is 11.3. The fourth-order valence-electron chi connectivity index (χ4n) is 1.77. The molecule has 0 aliphatic heterocycles. The van der Waals surface area contributed by atoms with Crippen LogP contribution in [0.4, 0.5) is 10.5 Å². The van der Waals surface area contributed by atoms with Crippen LogP contribution in [0.25, 0.3) is 0 Å². The van der Waals surface area contributed by atoms with E-state index < -0.39 is 0 Å². The van der Waals surface area contributed by atoms with Crippen LogP contribution in [0.3, 0.4) is 0 Å². The Morgan fingerprint density at radius 2 is 2.25 bits per heavy atom. The number of aryl methyl sites for hydroxylation is 2. The number of carbonyl (C=O) groups is 1. The second-order valence-corrected chi connectivity index (χ2v) is 4.90. The maximum Gasteiger partial charge on any atom is 0.319 e. The van der Waals surface area contributed by atoms with Crippen LogP contribution in [0.2, 0.25) is 5.02 Å². The molecule has 6 heteroatoms. The van der Waals surface area contributed by atoms with Gasteiger partial charge in [-0.25, -0.2) is 4.79 Å². The summed E-state index contributed by atoms with van der Waals surface area (Å²) in [6.45, 7) is 3.32. The zero-order valence-corrected chi connectivity index (χ0v) is 12.0. The lowest BCUT2D eigenvalue weighted by Gasteiger charge is -2.08. The number of urea groups is 1. The van der Waals surface area contributed by atoms with Gasteiger partial charge >= 0.3 is 6.03 Å². The van der Waals surface area contributed by atoms with Crippen molar-refractivity contribution in [3.05, 3.63) is 47.2 Å². The number of nitrogens with zero attached hydrogens (tertiary/aromatic N) is 2. The minimum Gasteiger partial charge on any atom is -0.338 e. The molecule has 5 nitrogen and oxygen atoms in total. The molecule has 0 atom stereocenters. The van der Waals surface area contributed by atoms with Gasteiger partial charge in [0.15, 0.2) is 0 Å². The lowest BCUT2D eigenvalue weighted by Crippen LogP contribution is -2.30. The third-order valence-corrected chi connectivity index (χ3v) is 2.94. The molecule has 2 amide bonds. The molecule has 1 aromatic heterocycles. The van der Waals surface area contributed by atoms with Crippen LogP contribution in [0.15, 0.2) is 36.5 Å². The Morgan fingerprint density at radius 1 is 1.40 bits per heavy atom. The van der Waals surface area contributed by atoms with Crippen molar-refractivity contribution in [2.75, 3.05) is 11.9 Å². The summed E-state index contributed by atoms with van der Waals surface area (Å²) in [5, 5.41) is 10.4. The Labute approximate surface area is 122 Å². The third-order valence-electron chi connectivity index (χ3n) is 2.71. The molecule has 1 aromatic carbocycles. The van der Waals surface area contributed by atoms with Crippen molar-refractivity contribution >= 4 is 23.3 Å². The third kappa shape index (κ3) is 4.59. The summed E-state index contributed by atoms with van der Waals surface area (Å²) < 4.78 is 1.87. The summed E-state index contributed by atoms with van der Waals surface area (Å²) in [5.41, 5.74) is 1.68. The van der Waals surface area contributed by atoms with Gasteiger partial charge in [0.05, 0.1) is 5.69 Å². The summed E-state index contributed by atoms with van der Waals surface area (Å²) in [6.07, 6.45) is 2.76. The van der Waals surface area contributed by atoms with Gasteiger partial charge in [0.2, 0.25) is 0 Å². The number of carbonyl (C=O) groups excluding carboxylic acids is 1. The first kappa shape index (κ1) is 14.4. The summed E-state index contributed by atoms with van der Waals surface area (Å²) in [7, 11) is 0. The molecule has 0 unspecified atom stereocenters. The number of hydrogen-bond acceptors (Lipinski definition) is 2. The van der Waals surface area contributed by atoms with Gasteiger partial charge in [-0.15, -0.1) is 0 Å². The van der Waals surface area contributed by atoms with E-state index in [0.717, 1.165) is 18.7 Å². The summed E-state index contributed by atoms with van der Waals surface area (Å²) in [6, 6.07) is 8.77. The number of benzene rings is 1. The van der Waals surface area contributed by atoms with Crippen molar-refractivity contribution in [3.8, 4) is 0 Å². The molecule has 2 rings (SSSR count). The highest BCUT2D eigenvalue weighted by Crippen LogP contribution is 2.14. The average Bonchev–Trinajstić information content (AvgIpc) is 2.80. The van der Waals surface area contributed by atoms with E-state index in [0.29, 0.717) is 17.3 Å². The minimum absolute atomic E-state index is 0.232. The highest BCUT2D eigenvalue weighted by molar-refractivity contribution is 6.30. The number of nitrogens with one attached hydrogen (secondary N) is 2. The Bertz CT molecular complexity index is 582. The molecule has 1 heterocycles. The minimum atomic E-state index is -0.232. The van der Waals surface area contributed by atoms with Crippen molar-refractivity contribution in [1.82, 2.24) is 15.1 Å². The molecule has 0 fully saturated rings. The normalized spacial score (nSPS) is 10.3. The fourth-order valence-corrected chi connectivity index (χ4v) is 1.96. The predicted molar refractivity (Wildman–Crippen MR) is 80.1 cm³/mol. The first-order valence-electron chi connectivity index (χ1n) is 6.44. The molecule has 0 aliphatic carbocycles. The van der Waals surface area contributed by atoms with Crippen molar-refractivity contribution in [1.29, 1.82) is 0 Å². The van der Waals surface area contributed by atoms with Crippen molar-refractivity contribution in [3.63, 3.8) is 0 Å². The SMILES string of the molecule is Cc1ccn(CCCNC(=O)Nc2cccc(Cl)c2)n1. The maximum atomic E-state index is 11.7. The Morgan fingerprint density at radius 3 is 2.95 bits per heavy atom. The van der Waals surface area contributed by atoms with Crippen LogP contribution in [-0.4, -0.2) is 22.4 Å². The highest BCUT2D eigenvalue weighted by Gasteiger charge is 2.01. The van der Waals surface area contributed by atoms with Crippen LogP contribution in [0.1, 0.15) is 12.1 Å². The Hall–Kier alpha value is -2.01. The van der Waals surface area contributed by atoms with Gasteiger partial charge in [-0.2, -0.15) is 5.10 Å². The molecular formula is C14H17ClN4O. The molecule has 106 valence electrons. The van der Waals surface area contributed by atoms with Crippen LogP contribution in [0, 0.1) is 6.92 Å². The molecular weight excluding hydrogens is 276 g/mol. The van der Waals surface area contributed by atoms with Crippen molar-refractivity contribution < 1.29 is 4.79 Å². The molecule has 0 spiro atoms. The van der Waals surface area contributed by atoms with E-state index in [-0.39, 0.29) is 6.03 Å². The second-order valence-electron chi connectivity index (χ2n) is 4.46. The largest absolute Gasteiger partial charge is 0.338 e. The average molecular weight is 293 g/mol. The number of hydrogen-bond donors (Lipinski definition) is 2. The lowest BCUT2D eigenvalue weighted by molar-refractivity contribution is 0.251. The molecule has 2 N–H and O–H groups in total. The number of anilines is 1. The number of halogens is 1. The smallest absolute Gasteiger partial charge is 0.319 e. The maximum absolute atomic E-state index is 11.7. The van der Waals surface area contributed by atoms with Crippen molar-refractivity contribution in [2.24, 2.45) is 0 Å². The van der Waals surface area contributed by atoms with E-state index in [4.69, 9.17) is 11.6 Å². The quantitative estimate of drug-likeness (QED) is 0.832. The molecule has 0 saturated heterocycles. The van der Waals surface area contributed by atoms with Gasteiger partial charge in [-0.3, -0.25) is 4.68 Å². The van der Waals surface area contributed by atoms with E-state index in [9.17, 15) is 4.79 Å². The first-order valence-corrected chi connectivity index (χ1v) is 6.82. The van der Waals surface area contributed by atoms with E-state index in [1.54, 1.807) is 24.3 Å². The molecule has 0 aliphatic rings. The van der Waals surface area contributed by atoms with Crippen LogP contribution in [0.5, 0.6) is 0 Å². The Kier molecular flexibility index (Phi) is 5.01.